The van der Waals surface area contributed by atoms with Crippen molar-refractivity contribution in [2.24, 2.45) is 0 Å². The summed E-state index contributed by atoms with van der Waals surface area (Å²) in [4.78, 5) is 32.1. The van der Waals surface area contributed by atoms with Gasteiger partial charge < -0.3 is 0 Å². The molecule has 108 valence electrons. The summed E-state index contributed by atoms with van der Waals surface area (Å²) >= 11 is 1.37. The van der Waals surface area contributed by atoms with Gasteiger partial charge in [0.2, 0.25) is 0 Å². The Kier molecular flexibility index (Phi) is 3.70. The lowest BCUT2D eigenvalue weighted by molar-refractivity contribution is 0.635. The average Bonchev–Trinajstić information content (AvgIpc) is 2.91. The summed E-state index contributed by atoms with van der Waals surface area (Å²) in [6, 6.07) is 9.79. The monoisotopic (exact) mass is 301 g/mol. The van der Waals surface area contributed by atoms with Crippen LogP contribution in [0.25, 0.3) is 10.3 Å². The van der Waals surface area contributed by atoms with Gasteiger partial charge in [0.1, 0.15) is 4.83 Å². The maximum atomic E-state index is 12.4. The molecule has 21 heavy (non-hydrogen) atoms. The highest BCUT2D eigenvalue weighted by Gasteiger charge is 2.12. The van der Waals surface area contributed by atoms with E-state index in [4.69, 9.17) is 0 Å². The molecular formula is C15H15N3O2S. The van der Waals surface area contributed by atoms with E-state index in [1.807, 2.05) is 37.3 Å². The van der Waals surface area contributed by atoms with Crippen LogP contribution < -0.4 is 11.2 Å². The normalized spacial score (nSPS) is 11.1. The van der Waals surface area contributed by atoms with E-state index in [9.17, 15) is 9.59 Å². The molecule has 0 spiro atoms. The second kappa shape index (κ2) is 5.65. The Labute approximate surface area is 124 Å². The third kappa shape index (κ3) is 2.67. The molecule has 0 unspecified atom stereocenters. The van der Waals surface area contributed by atoms with Crippen molar-refractivity contribution in [1.82, 2.24) is 14.5 Å². The van der Waals surface area contributed by atoms with Crippen molar-refractivity contribution in [1.29, 1.82) is 0 Å². The van der Waals surface area contributed by atoms with Gasteiger partial charge in [0.25, 0.3) is 5.56 Å². The van der Waals surface area contributed by atoms with Crippen LogP contribution in [0.3, 0.4) is 0 Å². The molecule has 0 saturated heterocycles. The standard InChI is InChI=1S/C15H15N3O2S/c1-2-11-16-12-13(21-11)17-15(20)18(14(12)19)9-8-10-6-4-3-5-7-10/h3-7H,2,8-9H2,1H3,(H,17,20). The highest BCUT2D eigenvalue weighted by molar-refractivity contribution is 7.18. The van der Waals surface area contributed by atoms with Gasteiger partial charge in [0, 0.05) is 6.54 Å². The van der Waals surface area contributed by atoms with Gasteiger partial charge in [0.05, 0.1) is 5.01 Å². The number of benzene rings is 1. The Morgan fingerprint density at radius 2 is 2.00 bits per heavy atom. The number of rotatable bonds is 4. The zero-order valence-corrected chi connectivity index (χ0v) is 12.4. The Bertz CT molecular complexity index is 877. The fourth-order valence-corrected chi connectivity index (χ4v) is 3.10. The first-order valence-corrected chi connectivity index (χ1v) is 7.67. The minimum Gasteiger partial charge on any atom is -0.297 e. The summed E-state index contributed by atoms with van der Waals surface area (Å²) in [7, 11) is 0. The summed E-state index contributed by atoms with van der Waals surface area (Å²) in [5.41, 5.74) is 0.788. The molecule has 2 aromatic heterocycles. The second-order valence-electron chi connectivity index (χ2n) is 4.76. The zero-order valence-electron chi connectivity index (χ0n) is 11.6. The molecule has 0 aliphatic heterocycles. The third-order valence-corrected chi connectivity index (χ3v) is 4.47. The molecule has 0 atom stereocenters. The van der Waals surface area contributed by atoms with Gasteiger partial charge in [-0.2, -0.15) is 0 Å². The fourth-order valence-electron chi connectivity index (χ4n) is 2.22. The maximum absolute atomic E-state index is 12.4. The largest absolute Gasteiger partial charge is 0.329 e. The number of aromatic nitrogens is 3. The topological polar surface area (TPSA) is 67.8 Å². The molecular weight excluding hydrogens is 286 g/mol. The van der Waals surface area contributed by atoms with Crippen molar-refractivity contribution in [2.75, 3.05) is 0 Å². The van der Waals surface area contributed by atoms with Crippen LogP contribution >= 0.6 is 11.3 Å². The Balaban J connectivity index is 1.98. The van der Waals surface area contributed by atoms with Crippen LogP contribution in [0.1, 0.15) is 17.5 Å². The average molecular weight is 301 g/mol. The molecule has 1 aromatic carbocycles. The molecule has 0 saturated carbocycles. The molecule has 5 nitrogen and oxygen atoms in total. The molecule has 0 amide bonds. The fraction of sp³-hybridized carbons (Fsp3) is 0.267. The molecule has 1 N–H and O–H groups in total. The molecule has 0 aliphatic rings. The van der Waals surface area contributed by atoms with Gasteiger partial charge in [0.15, 0.2) is 5.52 Å². The van der Waals surface area contributed by atoms with Crippen LogP contribution in [0, 0.1) is 0 Å². The van der Waals surface area contributed by atoms with E-state index in [-0.39, 0.29) is 11.2 Å². The quantitative estimate of drug-likeness (QED) is 0.801. The Morgan fingerprint density at radius 1 is 1.24 bits per heavy atom. The van der Waals surface area contributed by atoms with Gasteiger partial charge in [-0.3, -0.25) is 14.3 Å². The number of nitrogens with one attached hydrogen (secondary N) is 1. The molecule has 0 aliphatic carbocycles. The van der Waals surface area contributed by atoms with Crippen molar-refractivity contribution in [3.63, 3.8) is 0 Å². The molecule has 0 fully saturated rings. The van der Waals surface area contributed by atoms with Crippen LogP contribution in [0.2, 0.25) is 0 Å². The van der Waals surface area contributed by atoms with Gasteiger partial charge in [-0.25, -0.2) is 9.78 Å². The number of H-pyrrole nitrogens is 1. The number of hydrogen-bond acceptors (Lipinski definition) is 4. The van der Waals surface area contributed by atoms with E-state index in [0.717, 1.165) is 17.0 Å². The van der Waals surface area contributed by atoms with Crippen molar-refractivity contribution < 1.29 is 0 Å². The summed E-state index contributed by atoms with van der Waals surface area (Å²) in [5.74, 6) is 0. The van der Waals surface area contributed by atoms with E-state index in [1.165, 1.54) is 15.9 Å². The van der Waals surface area contributed by atoms with Crippen LogP contribution in [-0.4, -0.2) is 14.5 Å². The highest BCUT2D eigenvalue weighted by atomic mass is 32.1. The number of thiazole rings is 1. The van der Waals surface area contributed by atoms with E-state index < -0.39 is 0 Å². The molecule has 0 radical (unpaired) electrons. The van der Waals surface area contributed by atoms with E-state index in [2.05, 4.69) is 9.97 Å². The number of fused-ring (bicyclic) bond motifs is 1. The number of aromatic amines is 1. The van der Waals surface area contributed by atoms with Gasteiger partial charge >= 0.3 is 5.69 Å². The molecule has 3 rings (SSSR count). The number of aryl methyl sites for hydroxylation is 2. The van der Waals surface area contributed by atoms with E-state index >= 15 is 0 Å². The van der Waals surface area contributed by atoms with Crippen LogP contribution in [-0.2, 0) is 19.4 Å². The Hall–Kier alpha value is -2.21. The zero-order chi connectivity index (χ0) is 14.8. The predicted octanol–water partition coefficient (Wildman–Crippen LogP) is 1.95. The van der Waals surface area contributed by atoms with Gasteiger partial charge in [-0.15, -0.1) is 11.3 Å². The maximum Gasteiger partial charge on any atom is 0.329 e. The number of hydrogen-bond donors (Lipinski definition) is 1. The summed E-state index contributed by atoms with van der Waals surface area (Å²) in [6.45, 7) is 2.33. The van der Waals surface area contributed by atoms with Crippen molar-refractivity contribution in [3.8, 4) is 0 Å². The molecule has 6 heteroatoms. The lowest BCUT2D eigenvalue weighted by atomic mass is 10.1. The molecule has 2 heterocycles. The summed E-state index contributed by atoms with van der Waals surface area (Å²) < 4.78 is 1.23. The molecule has 3 aromatic rings. The van der Waals surface area contributed by atoms with Crippen LogP contribution in [0.4, 0.5) is 0 Å². The Morgan fingerprint density at radius 3 is 2.71 bits per heavy atom. The minimum absolute atomic E-state index is 0.305. The lowest BCUT2D eigenvalue weighted by Gasteiger charge is -2.04. The van der Waals surface area contributed by atoms with Gasteiger partial charge in [-0.1, -0.05) is 37.3 Å². The first-order valence-electron chi connectivity index (χ1n) is 6.85. The van der Waals surface area contributed by atoms with Crippen molar-refractivity contribution in [2.45, 2.75) is 26.3 Å². The summed E-state index contributed by atoms with van der Waals surface area (Å²) in [6.07, 6.45) is 1.39. The van der Waals surface area contributed by atoms with Crippen LogP contribution in [0.5, 0.6) is 0 Å². The van der Waals surface area contributed by atoms with E-state index in [0.29, 0.717) is 23.3 Å². The predicted molar refractivity (Wildman–Crippen MR) is 84.0 cm³/mol. The first-order chi connectivity index (χ1) is 10.2. The lowest BCUT2D eigenvalue weighted by Crippen LogP contribution is -2.35. The molecule has 0 bridgehead atoms. The second-order valence-corrected chi connectivity index (χ2v) is 5.85. The smallest absolute Gasteiger partial charge is 0.297 e. The highest BCUT2D eigenvalue weighted by Crippen LogP contribution is 2.16. The van der Waals surface area contributed by atoms with Crippen LogP contribution in [0.15, 0.2) is 39.9 Å². The third-order valence-electron chi connectivity index (χ3n) is 3.35. The van der Waals surface area contributed by atoms with Crippen molar-refractivity contribution >= 4 is 21.7 Å². The first kappa shape index (κ1) is 13.8. The van der Waals surface area contributed by atoms with Crippen molar-refractivity contribution in [3.05, 3.63) is 61.7 Å². The van der Waals surface area contributed by atoms with E-state index in [1.54, 1.807) is 0 Å². The van der Waals surface area contributed by atoms with Gasteiger partial charge in [-0.05, 0) is 18.4 Å². The SMILES string of the molecule is CCc1nc2c(=O)n(CCc3ccccc3)c(=O)[nH]c2s1. The minimum atomic E-state index is -0.366. The number of nitrogens with zero attached hydrogens (tertiary/aromatic N) is 2. The summed E-state index contributed by atoms with van der Waals surface area (Å²) in [5, 5.41) is 0.860.